The number of primary sulfonamides is 1. The van der Waals surface area contributed by atoms with E-state index in [1.807, 2.05) is 13.8 Å². The lowest BCUT2D eigenvalue weighted by molar-refractivity contribution is 0.0764. The SMILES string of the molecule is CCCN(CC)C(=O)c1cc(COC)cc(S(N)(=O)=O)c1. The van der Waals surface area contributed by atoms with Crippen molar-refractivity contribution in [2.24, 2.45) is 5.14 Å². The van der Waals surface area contributed by atoms with E-state index in [2.05, 4.69) is 0 Å². The van der Waals surface area contributed by atoms with Crippen LogP contribution < -0.4 is 5.14 Å². The summed E-state index contributed by atoms with van der Waals surface area (Å²) in [6, 6.07) is 4.37. The van der Waals surface area contributed by atoms with E-state index >= 15 is 0 Å². The van der Waals surface area contributed by atoms with Crippen molar-refractivity contribution in [1.29, 1.82) is 0 Å². The maximum Gasteiger partial charge on any atom is 0.253 e. The molecule has 0 aliphatic carbocycles. The van der Waals surface area contributed by atoms with Crippen LogP contribution in [0.25, 0.3) is 0 Å². The van der Waals surface area contributed by atoms with Gasteiger partial charge in [0, 0.05) is 25.8 Å². The van der Waals surface area contributed by atoms with Crippen molar-refractivity contribution in [2.75, 3.05) is 20.2 Å². The number of nitrogens with two attached hydrogens (primary N) is 1. The molecule has 0 saturated heterocycles. The lowest BCUT2D eigenvalue weighted by Gasteiger charge is -2.20. The van der Waals surface area contributed by atoms with Crippen LogP contribution in [0.4, 0.5) is 0 Å². The van der Waals surface area contributed by atoms with Gasteiger partial charge in [0.1, 0.15) is 0 Å². The third-order valence-electron chi connectivity index (χ3n) is 3.02. The van der Waals surface area contributed by atoms with Crippen molar-refractivity contribution in [3.05, 3.63) is 29.3 Å². The largest absolute Gasteiger partial charge is 0.380 e. The van der Waals surface area contributed by atoms with Crippen LogP contribution in [0.15, 0.2) is 23.1 Å². The van der Waals surface area contributed by atoms with Gasteiger partial charge in [0.25, 0.3) is 5.91 Å². The average molecular weight is 314 g/mol. The Bertz CT molecular complexity index is 599. The van der Waals surface area contributed by atoms with Crippen molar-refractivity contribution in [1.82, 2.24) is 4.90 Å². The Balaban J connectivity index is 3.27. The quantitative estimate of drug-likeness (QED) is 0.822. The standard InChI is InChI=1S/C14H22N2O4S/c1-4-6-16(5-2)14(17)12-7-11(10-20-3)8-13(9-12)21(15,18)19/h7-9H,4-6,10H2,1-3H3,(H2,15,18,19). The number of nitrogens with zero attached hydrogens (tertiary/aromatic N) is 1. The molecule has 0 heterocycles. The summed E-state index contributed by atoms with van der Waals surface area (Å²) in [6.07, 6.45) is 0.833. The van der Waals surface area contributed by atoms with E-state index in [-0.39, 0.29) is 17.4 Å². The highest BCUT2D eigenvalue weighted by Crippen LogP contribution is 2.17. The van der Waals surface area contributed by atoms with E-state index in [1.165, 1.54) is 19.2 Å². The molecule has 0 fully saturated rings. The molecule has 6 nitrogen and oxygen atoms in total. The van der Waals surface area contributed by atoms with Gasteiger partial charge in [-0.05, 0) is 37.1 Å². The monoisotopic (exact) mass is 314 g/mol. The molecule has 2 N–H and O–H groups in total. The summed E-state index contributed by atoms with van der Waals surface area (Å²) in [5, 5.41) is 5.16. The van der Waals surface area contributed by atoms with Crippen molar-refractivity contribution in [3.63, 3.8) is 0 Å². The van der Waals surface area contributed by atoms with E-state index in [0.29, 0.717) is 24.2 Å². The molecule has 1 amide bonds. The molecule has 0 bridgehead atoms. The number of hydrogen-bond acceptors (Lipinski definition) is 4. The summed E-state index contributed by atoms with van der Waals surface area (Å²) in [6.45, 7) is 5.25. The van der Waals surface area contributed by atoms with Crippen LogP contribution in [0.3, 0.4) is 0 Å². The first kappa shape index (κ1) is 17.6. The summed E-state index contributed by atoms with van der Waals surface area (Å²) in [5.74, 6) is -0.206. The Labute approximate surface area is 125 Å². The molecule has 0 radical (unpaired) electrons. The van der Waals surface area contributed by atoms with E-state index in [4.69, 9.17) is 9.88 Å². The Hall–Kier alpha value is -1.44. The van der Waals surface area contributed by atoms with E-state index < -0.39 is 10.0 Å². The second-order valence-electron chi connectivity index (χ2n) is 4.73. The van der Waals surface area contributed by atoms with Crippen LogP contribution >= 0.6 is 0 Å². The molecule has 0 aliphatic heterocycles. The fraction of sp³-hybridized carbons (Fsp3) is 0.500. The van der Waals surface area contributed by atoms with Crippen LogP contribution in [-0.4, -0.2) is 39.4 Å². The first-order valence-corrected chi connectivity index (χ1v) is 8.33. The lowest BCUT2D eigenvalue weighted by Crippen LogP contribution is -2.31. The zero-order valence-electron chi connectivity index (χ0n) is 12.6. The molecule has 1 aromatic carbocycles. The van der Waals surface area contributed by atoms with Crippen molar-refractivity contribution < 1.29 is 17.9 Å². The van der Waals surface area contributed by atoms with E-state index in [0.717, 1.165) is 6.42 Å². The second kappa shape index (κ2) is 7.53. The minimum absolute atomic E-state index is 0.0760. The molecule has 0 aliphatic rings. The molecular formula is C14H22N2O4S. The summed E-state index contributed by atoms with van der Waals surface area (Å²) < 4.78 is 28.1. The van der Waals surface area contributed by atoms with Crippen LogP contribution in [-0.2, 0) is 21.4 Å². The number of rotatable bonds is 7. The highest BCUT2D eigenvalue weighted by Gasteiger charge is 2.18. The molecule has 7 heteroatoms. The third-order valence-corrected chi connectivity index (χ3v) is 3.91. The van der Waals surface area contributed by atoms with Crippen LogP contribution in [0.2, 0.25) is 0 Å². The number of carbonyl (C=O) groups excluding carboxylic acids is 1. The van der Waals surface area contributed by atoms with Gasteiger partial charge in [-0.25, -0.2) is 13.6 Å². The number of benzene rings is 1. The van der Waals surface area contributed by atoms with Gasteiger partial charge in [-0.3, -0.25) is 4.79 Å². The zero-order chi connectivity index (χ0) is 16.0. The highest BCUT2D eigenvalue weighted by atomic mass is 32.2. The minimum Gasteiger partial charge on any atom is -0.380 e. The number of amides is 1. The van der Waals surface area contributed by atoms with Crippen molar-refractivity contribution in [3.8, 4) is 0 Å². The number of hydrogen-bond donors (Lipinski definition) is 1. The van der Waals surface area contributed by atoms with Gasteiger partial charge in [-0.15, -0.1) is 0 Å². The van der Waals surface area contributed by atoms with Gasteiger partial charge < -0.3 is 9.64 Å². The molecule has 1 aromatic rings. The second-order valence-corrected chi connectivity index (χ2v) is 6.29. The molecule has 0 aromatic heterocycles. The first-order valence-electron chi connectivity index (χ1n) is 6.78. The topological polar surface area (TPSA) is 89.7 Å². The van der Waals surface area contributed by atoms with Gasteiger partial charge in [0.15, 0.2) is 0 Å². The maximum absolute atomic E-state index is 12.5. The van der Waals surface area contributed by atoms with Crippen LogP contribution in [0.1, 0.15) is 36.2 Å². The van der Waals surface area contributed by atoms with E-state index in [1.54, 1.807) is 11.0 Å². The Kier molecular flexibility index (Phi) is 6.32. The number of sulfonamides is 1. The normalized spacial score (nSPS) is 11.4. The third kappa shape index (κ3) is 4.80. The zero-order valence-corrected chi connectivity index (χ0v) is 13.4. The lowest BCUT2D eigenvalue weighted by atomic mass is 10.1. The molecule has 0 atom stereocenters. The molecule has 0 saturated carbocycles. The van der Waals surface area contributed by atoms with Crippen molar-refractivity contribution in [2.45, 2.75) is 31.8 Å². The van der Waals surface area contributed by atoms with Gasteiger partial charge in [-0.2, -0.15) is 0 Å². The predicted octanol–water partition coefficient (Wildman–Crippen LogP) is 1.35. The number of ether oxygens (including phenoxy) is 1. The molecule has 0 spiro atoms. The number of methoxy groups -OCH3 is 1. The average Bonchev–Trinajstić information content (AvgIpc) is 2.43. The summed E-state index contributed by atoms with van der Waals surface area (Å²) in [5.41, 5.74) is 0.906. The fourth-order valence-electron chi connectivity index (χ4n) is 2.05. The Morgan fingerprint density at radius 3 is 2.43 bits per heavy atom. The summed E-state index contributed by atoms with van der Waals surface area (Å²) in [7, 11) is -2.37. The summed E-state index contributed by atoms with van der Waals surface area (Å²) >= 11 is 0. The molecule has 0 unspecified atom stereocenters. The first-order chi connectivity index (χ1) is 9.83. The Morgan fingerprint density at radius 1 is 1.29 bits per heavy atom. The molecule has 21 heavy (non-hydrogen) atoms. The smallest absolute Gasteiger partial charge is 0.253 e. The fourth-order valence-corrected chi connectivity index (χ4v) is 2.66. The van der Waals surface area contributed by atoms with Crippen LogP contribution in [0, 0.1) is 0 Å². The van der Waals surface area contributed by atoms with Gasteiger partial charge in [-0.1, -0.05) is 6.92 Å². The summed E-state index contributed by atoms with van der Waals surface area (Å²) in [4.78, 5) is 14.0. The van der Waals surface area contributed by atoms with E-state index in [9.17, 15) is 13.2 Å². The predicted molar refractivity (Wildman–Crippen MR) is 80.4 cm³/mol. The number of carbonyl (C=O) groups is 1. The Morgan fingerprint density at radius 2 is 1.95 bits per heavy atom. The molecule has 1 rings (SSSR count). The van der Waals surface area contributed by atoms with Gasteiger partial charge in [0.05, 0.1) is 11.5 Å². The maximum atomic E-state index is 12.5. The van der Waals surface area contributed by atoms with Crippen molar-refractivity contribution >= 4 is 15.9 Å². The van der Waals surface area contributed by atoms with Gasteiger partial charge >= 0.3 is 0 Å². The molecule has 118 valence electrons. The van der Waals surface area contributed by atoms with Crippen LogP contribution in [0.5, 0.6) is 0 Å². The molecular weight excluding hydrogens is 292 g/mol. The highest BCUT2D eigenvalue weighted by molar-refractivity contribution is 7.89. The minimum atomic E-state index is -3.87. The van der Waals surface area contributed by atoms with Gasteiger partial charge in [0.2, 0.25) is 10.0 Å².